The summed E-state index contributed by atoms with van der Waals surface area (Å²) in [5.41, 5.74) is -0.422. The highest BCUT2D eigenvalue weighted by molar-refractivity contribution is 6.01. The maximum atomic E-state index is 12.7. The number of allylic oxidation sites excluding steroid dienone is 1. The summed E-state index contributed by atoms with van der Waals surface area (Å²) in [4.78, 5) is 37.4. The number of Topliss-reactive ketones (excluding diaryl/α,β-unsaturated/α-hetero) is 1. The van der Waals surface area contributed by atoms with E-state index in [4.69, 9.17) is 9.47 Å². The van der Waals surface area contributed by atoms with Crippen LogP contribution in [0.2, 0.25) is 0 Å². The van der Waals surface area contributed by atoms with Gasteiger partial charge in [-0.3, -0.25) is 14.4 Å². The molecule has 0 spiro atoms. The normalized spacial score (nSPS) is 19.1. The Morgan fingerprint density at radius 3 is 2.15 bits per heavy atom. The fourth-order valence-electron chi connectivity index (χ4n) is 3.95. The molecule has 1 atom stereocenters. The number of methoxy groups -OCH3 is 2. The zero-order chi connectivity index (χ0) is 19.5. The summed E-state index contributed by atoms with van der Waals surface area (Å²) in [6.45, 7) is 8.02. The van der Waals surface area contributed by atoms with Crippen molar-refractivity contribution in [2.45, 2.75) is 33.1 Å². The lowest BCUT2D eigenvalue weighted by atomic mass is 9.71. The Hall–Kier alpha value is -2.43. The number of ether oxygens (including phenoxy) is 2. The van der Waals surface area contributed by atoms with E-state index in [9.17, 15) is 14.4 Å². The zero-order valence-electron chi connectivity index (χ0n) is 15.8. The van der Waals surface area contributed by atoms with Crippen LogP contribution in [-0.2, 0) is 19.1 Å². The van der Waals surface area contributed by atoms with Gasteiger partial charge in [0.15, 0.2) is 11.2 Å². The number of rotatable bonds is 6. The monoisotopic (exact) mass is 358 g/mol. The van der Waals surface area contributed by atoms with Gasteiger partial charge in [0.1, 0.15) is 0 Å². The van der Waals surface area contributed by atoms with Crippen molar-refractivity contribution in [1.29, 1.82) is 0 Å². The summed E-state index contributed by atoms with van der Waals surface area (Å²) in [5, 5.41) is 0. The Bertz CT molecular complexity index is 701. The molecular formula is C21H26O5. The van der Waals surface area contributed by atoms with E-state index in [0.717, 1.165) is 5.57 Å². The number of hydrogen-bond acceptors (Lipinski definition) is 5. The van der Waals surface area contributed by atoms with Crippen LogP contribution in [0.15, 0.2) is 42.5 Å². The first-order chi connectivity index (χ1) is 12.2. The topological polar surface area (TPSA) is 69.7 Å². The third-order valence-electron chi connectivity index (χ3n) is 5.38. The van der Waals surface area contributed by atoms with E-state index in [-0.39, 0.29) is 24.5 Å². The number of benzene rings is 1. The quantitative estimate of drug-likeness (QED) is 0.336. The van der Waals surface area contributed by atoms with E-state index in [0.29, 0.717) is 12.0 Å². The SMILES string of the molecule is C=C1CC(C(=O)OC)(C(=O)OC)CC1C(C)(C)CC(=O)c1ccccc1. The van der Waals surface area contributed by atoms with Crippen LogP contribution < -0.4 is 0 Å². The Kier molecular flexibility index (Phi) is 5.69. The second-order valence-electron chi connectivity index (χ2n) is 7.61. The fraction of sp³-hybridized carbons (Fsp3) is 0.476. The van der Waals surface area contributed by atoms with Crippen LogP contribution in [0.1, 0.15) is 43.5 Å². The van der Waals surface area contributed by atoms with E-state index in [1.165, 1.54) is 14.2 Å². The number of carbonyl (C=O) groups is 3. The molecule has 0 amide bonds. The minimum atomic E-state index is -1.38. The van der Waals surface area contributed by atoms with Gasteiger partial charge in [-0.25, -0.2) is 0 Å². The largest absolute Gasteiger partial charge is 0.468 e. The summed E-state index contributed by atoms with van der Waals surface area (Å²) in [5.74, 6) is -1.37. The first kappa shape index (κ1) is 19.9. The molecule has 0 bridgehead atoms. The zero-order valence-corrected chi connectivity index (χ0v) is 15.8. The molecule has 0 radical (unpaired) electrons. The fourth-order valence-corrected chi connectivity index (χ4v) is 3.95. The lowest BCUT2D eigenvalue weighted by Gasteiger charge is -2.33. The lowest BCUT2D eigenvalue weighted by Crippen LogP contribution is -2.40. The van der Waals surface area contributed by atoms with Crippen LogP contribution in [-0.4, -0.2) is 31.9 Å². The second kappa shape index (κ2) is 7.44. The number of carbonyl (C=O) groups excluding carboxylic acids is 3. The van der Waals surface area contributed by atoms with E-state index in [1.54, 1.807) is 12.1 Å². The van der Waals surface area contributed by atoms with Gasteiger partial charge in [0.05, 0.1) is 14.2 Å². The van der Waals surface area contributed by atoms with Crippen molar-refractivity contribution < 1.29 is 23.9 Å². The van der Waals surface area contributed by atoms with Gasteiger partial charge in [-0.2, -0.15) is 0 Å². The van der Waals surface area contributed by atoms with Crippen LogP contribution in [0.3, 0.4) is 0 Å². The average molecular weight is 358 g/mol. The van der Waals surface area contributed by atoms with E-state index >= 15 is 0 Å². The van der Waals surface area contributed by atoms with Gasteiger partial charge >= 0.3 is 11.9 Å². The summed E-state index contributed by atoms with van der Waals surface area (Å²) >= 11 is 0. The van der Waals surface area contributed by atoms with Gasteiger partial charge < -0.3 is 9.47 Å². The molecule has 0 aromatic heterocycles. The predicted molar refractivity (Wildman–Crippen MR) is 97.5 cm³/mol. The molecule has 0 aliphatic heterocycles. The minimum Gasteiger partial charge on any atom is -0.468 e. The molecule has 0 saturated heterocycles. The molecule has 0 heterocycles. The molecule has 1 aromatic carbocycles. The molecular weight excluding hydrogens is 332 g/mol. The predicted octanol–water partition coefficient (Wildman–Crippen LogP) is 3.58. The van der Waals surface area contributed by atoms with Gasteiger partial charge in [-0.15, -0.1) is 0 Å². The highest BCUT2D eigenvalue weighted by atomic mass is 16.5. The first-order valence-electron chi connectivity index (χ1n) is 8.60. The maximum Gasteiger partial charge on any atom is 0.323 e. The molecule has 26 heavy (non-hydrogen) atoms. The van der Waals surface area contributed by atoms with Gasteiger partial charge in [0.25, 0.3) is 0 Å². The van der Waals surface area contributed by atoms with Gasteiger partial charge in [-0.05, 0) is 24.2 Å². The van der Waals surface area contributed by atoms with Crippen molar-refractivity contribution in [2.24, 2.45) is 16.7 Å². The highest BCUT2D eigenvalue weighted by Gasteiger charge is 2.57. The standard InChI is InChI=1S/C21H26O5/c1-14-11-21(18(23)25-4,19(24)26-5)12-16(14)20(2,3)13-17(22)15-9-7-6-8-10-15/h6-10,16H,1,11-13H2,2-5H3. The van der Waals surface area contributed by atoms with Crippen LogP contribution in [0.25, 0.3) is 0 Å². The van der Waals surface area contributed by atoms with Crippen LogP contribution in [0.4, 0.5) is 0 Å². The smallest absolute Gasteiger partial charge is 0.323 e. The Morgan fingerprint density at radius 2 is 1.65 bits per heavy atom. The Balaban J connectivity index is 2.26. The maximum absolute atomic E-state index is 12.7. The summed E-state index contributed by atoms with van der Waals surface area (Å²) in [6, 6.07) is 9.09. The lowest BCUT2D eigenvalue weighted by molar-refractivity contribution is -0.169. The van der Waals surface area contributed by atoms with Gasteiger partial charge in [0, 0.05) is 12.0 Å². The number of esters is 2. The van der Waals surface area contributed by atoms with E-state index in [2.05, 4.69) is 6.58 Å². The van der Waals surface area contributed by atoms with Crippen molar-refractivity contribution in [2.75, 3.05) is 14.2 Å². The molecule has 1 aromatic rings. The first-order valence-corrected chi connectivity index (χ1v) is 8.60. The average Bonchev–Trinajstić information content (AvgIpc) is 3.00. The second-order valence-corrected chi connectivity index (χ2v) is 7.61. The van der Waals surface area contributed by atoms with Crippen LogP contribution in [0.5, 0.6) is 0 Å². The number of ketones is 1. The van der Waals surface area contributed by atoms with E-state index < -0.39 is 22.8 Å². The molecule has 2 rings (SSSR count). The molecule has 1 aliphatic rings. The highest BCUT2D eigenvalue weighted by Crippen LogP contribution is 2.54. The third-order valence-corrected chi connectivity index (χ3v) is 5.38. The molecule has 1 unspecified atom stereocenters. The number of hydrogen-bond donors (Lipinski definition) is 0. The van der Waals surface area contributed by atoms with Crippen molar-refractivity contribution in [1.82, 2.24) is 0 Å². The van der Waals surface area contributed by atoms with Crippen molar-refractivity contribution in [3.8, 4) is 0 Å². The third kappa shape index (κ3) is 3.57. The molecule has 5 nitrogen and oxygen atoms in total. The van der Waals surface area contributed by atoms with Crippen LogP contribution in [0, 0.1) is 16.7 Å². The van der Waals surface area contributed by atoms with Crippen molar-refractivity contribution in [3.63, 3.8) is 0 Å². The molecule has 1 aliphatic carbocycles. The summed E-state index contributed by atoms with van der Waals surface area (Å²) in [7, 11) is 2.51. The van der Waals surface area contributed by atoms with Gasteiger partial charge in [-0.1, -0.05) is 56.3 Å². The summed E-state index contributed by atoms with van der Waals surface area (Å²) < 4.78 is 9.74. The minimum absolute atomic E-state index is 0.0250. The van der Waals surface area contributed by atoms with E-state index in [1.807, 2.05) is 32.0 Å². The molecule has 0 N–H and O–H groups in total. The molecule has 1 fully saturated rings. The molecule has 1 saturated carbocycles. The van der Waals surface area contributed by atoms with Crippen molar-refractivity contribution >= 4 is 17.7 Å². The van der Waals surface area contributed by atoms with Crippen LogP contribution >= 0.6 is 0 Å². The molecule has 5 heteroatoms. The van der Waals surface area contributed by atoms with Crippen molar-refractivity contribution in [3.05, 3.63) is 48.0 Å². The van der Waals surface area contributed by atoms with Gasteiger partial charge in [0.2, 0.25) is 0 Å². The summed E-state index contributed by atoms with van der Waals surface area (Å²) in [6.07, 6.45) is 0.708. The Labute approximate surface area is 154 Å². The molecule has 140 valence electrons. The Morgan fingerprint density at radius 1 is 1.12 bits per heavy atom.